The molecule has 0 radical (unpaired) electrons. The van der Waals surface area contributed by atoms with Crippen molar-refractivity contribution in [3.8, 4) is 0 Å². The molecule has 0 aromatic heterocycles. The van der Waals surface area contributed by atoms with E-state index in [2.05, 4.69) is 26.1 Å². The van der Waals surface area contributed by atoms with Gasteiger partial charge in [0.05, 0.1) is 15.6 Å². The predicted molar refractivity (Wildman–Crippen MR) is 84.7 cm³/mol. The lowest BCUT2D eigenvalue weighted by atomic mass is 9.68. The smallest absolute Gasteiger partial charge is 0.271 e. The standard InChI is InChI=1S/C16H21ClN2O2/c1-15(2)10-6-7-16(3,9-10)14(15)18-13-5-4-11(19(20)21)8-12(13)17/h4-5,8,10,14,18H,6-7,9H2,1-3H3/t10-,14?,16+/m0/s1. The molecule has 1 N–H and O–H groups in total. The minimum absolute atomic E-state index is 0.0314. The third-order valence-corrected chi connectivity index (χ3v) is 6.05. The van der Waals surface area contributed by atoms with Gasteiger partial charge in [-0.05, 0) is 42.1 Å². The molecule has 0 spiro atoms. The van der Waals surface area contributed by atoms with E-state index in [0.29, 0.717) is 16.5 Å². The molecule has 2 aliphatic carbocycles. The summed E-state index contributed by atoms with van der Waals surface area (Å²) < 4.78 is 0. The van der Waals surface area contributed by atoms with Crippen LogP contribution in [0.15, 0.2) is 18.2 Å². The Morgan fingerprint density at radius 1 is 1.38 bits per heavy atom. The first-order valence-electron chi connectivity index (χ1n) is 7.44. The number of rotatable bonds is 3. The van der Waals surface area contributed by atoms with Gasteiger partial charge in [0.1, 0.15) is 0 Å². The molecule has 0 amide bonds. The van der Waals surface area contributed by atoms with Gasteiger partial charge in [-0.2, -0.15) is 0 Å². The maximum atomic E-state index is 10.8. The molecule has 2 fully saturated rings. The quantitative estimate of drug-likeness (QED) is 0.640. The Hall–Kier alpha value is -1.29. The molecule has 4 nitrogen and oxygen atoms in total. The second-order valence-corrected chi connectivity index (χ2v) is 7.82. The van der Waals surface area contributed by atoms with Gasteiger partial charge in [0.2, 0.25) is 0 Å². The largest absolute Gasteiger partial charge is 0.380 e. The van der Waals surface area contributed by atoms with Gasteiger partial charge in [0, 0.05) is 18.2 Å². The zero-order chi connectivity index (χ0) is 15.4. The molecule has 3 atom stereocenters. The Morgan fingerprint density at radius 2 is 2.10 bits per heavy atom. The number of hydrogen-bond acceptors (Lipinski definition) is 3. The Kier molecular flexibility index (Phi) is 3.21. The summed E-state index contributed by atoms with van der Waals surface area (Å²) in [7, 11) is 0. The molecule has 0 saturated heterocycles. The van der Waals surface area contributed by atoms with Gasteiger partial charge in [-0.3, -0.25) is 10.1 Å². The second-order valence-electron chi connectivity index (χ2n) is 7.41. The highest BCUT2D eigenvalue weighted by atomic mass is 35.5. The van der Waals surface area contributed by atoms with Crippen LogP contribution in [0.5, 0.6) is 0 Å². The normalized spacial score (nSPS) is 33.1. The number of anilines is 1. The monoisotopic (exact) mass is 308 g/mol. The van der Waals surface area contributed by atoms with Gasteiger partial charge < -0.3 is 5.32 Å². The van der Waals surface area contributed by atoms with Crippen LogP contribution in [0.3, 0.4) is 0 Å². The summed E-state index contributed by atoms with van der Waals surface area (Å²) in [4.78, 5) is 10.4. The van der Waals surface area contributed by atoms with Crippen LogP contribution in [0.4, 0.5) is 11.4 Å². The third-order valence-electron chi connectivity index (χ3n) is 5.73. The molecular weight excluding hydrogens is 288 g/mol. The summed E-state index contributed by atoms with van der Waals surface area (Å²) in [6.07, 6.45) is 3.79. The van der Waals surface area contributed by atoms with Crippen LogP contribution in [-0.2, 0) is 0 Å². The molecular formula is C16H21ClN2O2. The van der Waals surface area contributed by atoms with Crippen LogP contribution in [0.1, 0.15) is 40.0 Å². The van der Waals surface area contributed by atoms with E-state index in [4.69, 9.17) is 11.6 Å². The molecule has 3 rings (SSSR count). The van der Waals surface area contributed by atoms with Crippen molar-refractivity contribution in [2.45, 2.75) is 46.1 Å². The summed E-state index contributed by atoms with van der Waals surface area (Å²) in [6.45, 7) is 6.98. The number of non-ortho nitro benzene ring substituents is 1. The van der Waals surface area contributed by atoms with Crippen molar-refractivity contribution < 1.29 is 4.92 Å². The number of nitro benzene ring substituents is 1. The van der Waals surface area contributed by atoms with E-state index in [0.717, 1.165) is 11.6 Å². The van der Waals surface area contributed by atoms with Crippen LogP contribution in [0.2, 0.25) is 5.02 Å². The van der Waals surface area contributed by atoms with Crippen LogP contribution in [-0.4, -0.2) is 11.0 Å². The molecule has 2 saturated carbocycles. The zero-order valence-electron chi connectivity index (χ0n) is 12.6. The fraction of sp³-hybridized carbons (Fsp3) is 0.625. The van der Waals surface area contributed by atoms with E-state index in [-0.39, 0.29) is 11.1 Å². The van der Waals surface area contributed by atoms with Gasteiger partial charge in [-0.15, -0.1) is 0 Å². The molecule has 2 aliphatic rings. The number of fused-ring (bicyclic) bond motifs is 2. The number of nitrogens with one attached hydrogen (secondary N) is 1. The first-order valence-corrected chi connectivity index (χ1v) is 7.82. The zero-order valence-corrected chi connectivity index (χ0v) is 13.4. The first-order chi connectivity index (χ1) is 9.74. The van der Waals surface area contributed by atoms with Crippen molar-refractivity contribution in [3.63, 3.8) is 0 Å². The third kappa shape index (κ3) is 2.20. The van der Waals surface area contributed by atoms with Crippen molar-refractivity contribution in [1.82, 2.24) is 0 Å². The van der Waals surface area contributed by atoms with Crippen molar-refractivity contribution in [1.29, 1.82) is 0 Å². The summed E-state index contributed by atoms with van der Waals surface area (Å²) in [6, 6.07) is 5.01. The van der Waals surface area contributed by atoms with Gasteiger partial charge >= 0.3 is 0 Å². The van der Waals surface area contributed by atoms with Gasteiger partial charge in [-0.25, -0.2) is 0 Å². The molecule has 0 aliphatic heterocycles. The lowest BCUT2D eigenvalue weighted by molar-refractivity contribution is -0.384. The highest BCUT2D eigenvalue weighted by molar-refractivity contribution is 6.33. The molecule has 0 heterocycles. The molecule has 21 heavy (non-hydrogen) atoms. The fourth-order valence-electron chi connectivity index (χ4n) is 4.55. The lowest BCUT2D eigenvalue weighted by Crippen LogP contribution is -2.45. The topological polar surface area (TPSA) is 55.2 Å². The van der Waals surface area contributed by atoms with Crippen LogP contribution >= 0.6 is 11.6 Å². The Labute approximate surface area is 130 Å². The Balaban J connectivity index is 1.88. The van der Waals surface area contributed by atoms with E-state index >= 15 is 0 Å². The minimum Gasteiger partial charge on any atom is -0.380 e. The van der Waals surface area contributed by atoms with Crippen LogP contribution < -0.4 is 5.32 Å². The molecule has 1 unspecified atom stereocenters. The SMILES string of the molecule is CC1(C)C(Nc2ccc([N+](=O)[O-])cc2Cl)[C@]2(C)CC[C@H]1C2. The predicted octanol–water partition coefficient (Wildman–Crippen LogP) is 4.87. The molecule has 2 bridgehead atoms. The van der Waals surface area contributed by atoms with E-state index in [1.54, 1.807) is 6.07 Å². The average molecular weight is 309 g/mol. The maximum absolute atomic E-state index is 10.8. The van der Waals surface area contributed by atoms with E-state index in [1.807, 2.05) is 0 Å². The minimum atomic E-state index is -0.418. The summed E-state index contributed by atoms with van der Waals surface area (Å²) in [5, 5.41) is 14.8. The number of hydrogen-bond donors (Lipinski definition) is 1. The van der Waals surface area contributed by atoms with Crippen molar-refractivity contribution in [2.75, 3.05) is 5.32 Å². The number of benzene rings is 1. The van der Waals surface area contributed by atoms with Gasteiger partial charge in [0.15, 0.2) is 0 Å². The van der Waals surface area contributed by atoms with Crippen molar-refractivity contribution in [2.24, 2.45) is 16.7 Å². The average Bonchev–Trinajstić information content (AvgIpc) is 2.87. The highest BCUT2D eigenvalue weighted by Crippen LogP contribution is 2.63. The van der Waals surface area contributed by atoms with E-state index in [1.165, 1.54) is 31.4 Å². The van der Waals surface area contributed by atoms with Crippen LogP contribution in [0.25, 0.3) is 0 Å². The number of nitro groups is 1. The van der Waals surface area contributed by atoms with Crippen molar-refractivity contribution in [3.05, 3.63) is 33.3 Å². The molecule has 5 heteroatoms. The van der Waals surface area contributed by atoms with Crippen molar-refractivity contribution >= 4 is 23.0 Å². The lowest BCUT2D eigenvalue weighted by Gasteiger charge is -2.43. The summed E-state index contributed by atoms with van der Waals surface area (Å²) in [5.41, 5.74) is 1.34. The summed E-state index contributed by atoms with van der Waals surface area (Å²) >= 11 is 6.23. The van der Waals surface area contributed by atoms with Gasteiger partial charge in [0.25, 0.3) is 5.69 Å². The maximum Gasteiger partial charge on any atom is 0.271 e. The van der Waals surface area contributed by atoms with Gasteiger partial charge in [-0.1, -0.05) is 32.4 Å². The summed E-state index contributed by atoms with van der Waals surface area (Å²) in [5.74, 6) is 0.747. The van der Waals surface area contributed by atoms with E-state index < -0.39 is 4.92 Å². The van der Waals surface area contributed by atoms with Crippen LogP contribution in [0, 0.1) is 26.9 Å². The highest BCUT2D eigenvalue weighted by Gasteiger charge is 2.59. The Bertz CT molecular complexity index is 597. The molecule has 1 aromatic carbocycles. The molecule has 1 aromatic rings. The fourth-order valence-corrected chi connectivity index (χ4v) is 4.78. The Morgan fingerprint density at radius 3 is 2.62 bits per heavy atom. The first kappa shape index (κ1) is 14.6. The second kappa shape index (κ2) is 4.60. The number of nitrogens with zero attached hydrogens (tertiary/aromatic N) is 1. The number of halogens is 1. The molecule has 114 valence electrons. The van der Waals surface area contributed by atoms with E-state index in [9.17, 15) is 10.1 Å².